The number of aliphatic hydroxyl groups is 1. The smallest absolute Gasteiger partial charge is 0.0819 e. The molecule has 1 fully saturated rings. The van der Waals surface area contributed by atoms with Gasteiger partial charge in [-0.2, -0.15) is 0 Å². The van der Waals surface area contributed by atoms with Gasteiger partial charge in [-0.3, -0.25) is 0 Å². The fourth-order valence-electron chi connectivity index (χ4n) is 2.65. The molecule has 0 radical (unpaired) electrons. The van der Waals surface area contributed by atoms with Gasteiger partial charge in [-0.15, -0.1) is 0 Å². The molecule has 1 saturated heterocycles. The van der Waals surface area contributed by atoms with Gasteiger partial charge in [0.15, 0.2) is 0 Å². The first-order chi connectivity index (χ1) is 8.31. The van der Waals surface area contributed by atoms with Crippen molar-refractivity contribution in [2.45, 2.75) is 38.7 Å². The van der Waals surface area contributed by atoms with E-state index in [1.807, 2.05) is 0 Å². The molecule has 1 atom stereocenters. The van der Waals surface area contributed by atoms with Gasteiger partial charge in [0.25, 0.3) is 0 Å². The van der Waals surface area contributed by atoms with Gasteiger partial charge in [0, 0.05) is 0 Å². The summed E-state index contributed by atoms with van der Waals surface area (Å²) in [7, 11) is 0. The highest BCUT2D eigenvalue weighted by Crippen LogP contribution is 2.29. The molecule has 2 heteroatoms. The minimum Gasteiger partial charge on any atom is -0.388 e. The summed E-state index contributed by atoms with van der Waals surface area (Å²) in [5.74, 6) is 0.424. The van der Waals surface area contributed by atoms with Crippen molar-refractivity contribution < 1.29 is 5.11 Å². The quantitative estimate of drug-likeness (QED) is 0.838. The molecule has 17 heavy (non-hydrogen) atoms. The van der Waals surface area contributed by atoms with E-state index in [-0.39, 0.29) is 6.10 Å². The Morgan fingerprint density at radius 2 is 2.12 bits per heavy atom. The Bertz CT molecular complexity index is 345. The zero-order valence-electron chi connectivity index (χ0n) is 10.7. The molecule has 0 spiro atoms. The minimum atomic E-state index is -0.283. The molecule has 0 bridgehead atoms. The Kier molecular flexibility index (Phi) is 4.57. The summed E-state index contributed by atoms with van der Waals surface area (Å²) in [5, 5.41) is 13.8. The Morgan fingerprint density at radius 1 is 1.35 bits per heavy atom. The molecular formula is C15H23NO. The number of hydrogen-bond acceptors (Lipinski definition) is 2. The monoisotopic (exact) mass is 233 g/mol. The Labute approximate surface area is 104 Å². The maximum Gasteiger partial charge on any atom is 0.0819 e. The largest absolute Gasteiger partial charge is 0.388 e. The number of aryl methyl sites for hydroxylation is 1. The second-order valence-corrected chi connectivity index (χ2v) is 5.03. The van der Waals surface area contributed by atoms with Gasteiger partial charge in [0.1, 0.15) is 0 Å². The second kappa shape index (κ2) is 6.18. The SMILES string of the molecule is CCCc1cccc(C(O)C2CCNCC2)c1. The van der Waals surface area contributed by atoms with Crippen molar-refractivity contribution in [2.75, 3.05) is 13.1 Å². The van der Waals surface area contributed by atoms with Crippen LogP contribution in [0.3, 0.4) is 0 Å². The summed E-state index contributed by atoms with van der Waals surface area (Å²) in [6.07, 6.45) is 4.15. The molecule has 0 saturated carbocycles. The van der Waals surface area contributed by atoms with Crippen LogP contribution in [0.15, 0.2) is 24.3 Å². The number of aliphatic hydroxyl groups excluding tert-OH is 1. The molecule has 1 unspecified atom stereocenters. The Morgan fingerprint density at radius 3 is 2.82 bits per heavy atom. The third kappa shape index (κ3) is 3.30. The van der Waals surface area contributed by atoms with Crippen molar-refractivity contribution in [3.63, 3.8) is 0 Å². The van der Waals surface area contributed by atoms with Crippen molar-refractivity contribution in [1.82, 2.24) is 5.32 Å². The lowest BCUT2D eigenvalue weighted by molar-refractivity contribution is 0.0889. The number of hydrogen-bond donors (Lipinski definition) is 2. The van der Waals surface area contributed by atoms with Crippen molar-refractivity contribution in [3.8, 4) is 0 Å². The van der Waals surface area contributed by atoms with Crippen LogP contribution in [-0.2, 0) is 6.42 Å². The van der Waals surface area contributed by atoms with Crippen LogP contribution in [-0.4, -0.2) is 18.2 Å². The summed E-state index contributed by atoms with van der Waals surface area (Å²) < 4.78 is 0. The number of nitrogens with one attached hydrogen (secondary N) is 1. The zero-order chi connectivity index (χ0) is 12.1. The summed E-state index contributed by atoms with van der Waals surface area (Å²) in [4.78, 5) is 0. The average Bonchev–Trinajstić information content (AvgIpc) is 2.40. The lowest BCUT2D eigenvalue weighted by Crippen LogP contribution is -2.30. The lowest BCUT2D eigenvalue weighted by Gasteiger charge is -2.27. The van der Waals surface area contributed by atoms with E-state index in [4.69, 9.17) is 0 Å². The molecule has 1 aromatic carbocycles. The first kappa shape index (κ1) is 12.6. The predicted molar refractivity (Wildman–Crippen MR) is 71.0 cm³/mol. The van der Waals surface area contributed by atoms with Crippen LogP contribution in [0.1, 0.15) is 43.4 Å². The van der Waals surface area contributed by atoms with Crippen LogP contribution in [0.25, 0.3) is 0 Å². The molecule has 2 nitrogen and oxygen atoms in total. The van der Waals surface area contributed by atoms with E-state index in [0.717, 1.165) is 44.3 Å². The van der Waals surface area contributed by atoms with Crippen LogP contribution < -0.4 is 5.32 Å². The number of rotatable bonds is 4. The van der Waals surface area contributed by atoms with Gasteiger partial charge in [-0.05, 0) is 49.4 Å². The lowest BCUT2D eigenvalue weighted by atomic mass is 9.87. The molecule has 1 aromatic rings. The van der Waals surface area contributed by atoms with Crippen molar-refractivity contribution in [2.24, 2.45) is 5.92 Å². The zero-order valence-corrected chi connectivity index (χ0v) is 10.7. The normalized spacial score (nSPS) is 19.2. The van der Waals surface area contributed by atoms with Crippen LogP contribution in [0.4, 0.5) is 0 Å². The third-order valence-corrected chi connectivity index (χ3v) is 3.66. The maximum atomic E-state index is 10.4. The van der Waals surface area contributed by atoms with Crippen LogP contribution >= 0.6 is 0 Å². The highest BCUT2D eigenvalue weighted by molar-refractivity contribution is 5.25. The van der Waals surface area contributed by atoms with Crippen molar-refractivity contribution in [1.29, 1.82) is 0 Å². The van der Waals surface area contributed by atoms with E-state index in [1.165, 1.54) is 5.56 Å². The molecule has 0 aromatic heterocycles. The number of piperidine rings is 1. The van der Waals surface area contributed by atoms with E-state index in [0.29, 0.717) is 5.92 Å². The van der Waals surface area contributed by atoms with Gasteiger partial charge >= 0.3 is 0 Å². The fraction of sp³-hybridized carbons (Fsp3) is 0.600. The fourth-order valence-corrected chi connectivity index (χ4v) is 2.65. The van der Waals surface area contributed by atoms with Crippen LogP contribution in [0.2, 0.25) is 0 Å². The van der Waals surface area contributed by atoms with Gasteiger partial charge in [0.2, 0.25) is 0 Å². The highest BCUT2D eigenvalue weighted by Gasteiger charge is 2.22. The molecule has 0 aliphatic carbocycles. The highest BCUT2D eigenvalue weighted by atomic mass is 16.3. The molecule has 94 valence electrons. The van der Waals surface area contributed by atoms with E-state index >= 15 is 0 Å². The average molecular weight is 233 g/mol. The Balaban J connectivity index is 2.06. The summed E-state index contributed by atoms with van der Waals surface area (Å²) in [5.41, 5.74) is 2.45. The summed E-state index contributed by atoms with van der Waals surface area (Å²) in [6, 6.07) is 8.47. The van der Waals surface area contributed by atoms with Crippen LogP contribution in [0, 0.1) is 5.92 Å². The topological polar surface area (TPSA) is 32.3 Å². The van der Waals surface area contributed by atoms with Gasteiger partial charge in [-0.1, -0.05) is 37.6 Å². The van der Waals surface area contributed by atoms with E-state index in [2.05, 4.69) is 36.5 Å². The second-order valence-electron chi connectivity index (χ2n) is 5.03. The van der Waals surface area contributed by atoms with Gasteiger partial charge in [0.05, 0.1) is 6.10 Å². The summed E-state index contributed by atoms with van der Waals surface area (Å²) in [6.45, 7) is 4.27. The molecular weight excluding hydrogens is 210 g/mol. The van der Waals surface area contributed by atoms with E-state index in [9.17, 15) is 5.11 Å². The first-order valence-corrected chi connectivity index (χ1v) is 6.79. The molecule has 1 aliphatic heterocycles. The maximum absolute atomic E-state index is 10.4. The van der Waals surface area contributed by atoms with Crippen molar-refractivity contribution >= 4 is 0 Å². The third-order valence-electron chi connectivity index (χ3n) is 3.66. The van der Waals surface area contributed by atoms with Crippen LogP contribution in [0.5, 0.6) is 0 Å². The standard InChI is InChI=1S/C15H23NO/c1-2-4-12-5-3-6-14(11-12)15(17)13-7-9-16-10-8-13/h3,5-6,11,13,15-17H,2,4,7-10H2,1H3. The minimum absolute atomic E-state index is 0.283. The molecule has 1 aliphatic rings. The first-order valence-electron chi connectivity index (χ1n) is 6.79. The van der Waals surface area contributed by atoms with Gasteiger partial charge < -0.3 is 10.4 Å². The van der Waals surface area contributed by atoms with E-state index in [1.54, 1.807) is 0 Å². The molecule has 2 N–H and O–H groups in total. The van der Waals surface area contributed by atoms with Crippen molar-refractivity contribution in [3.05, 3.63) is 35.4 Å². The molecule has 1 heterocycles. The predicted octanol–water partition coefficient (Wildman–Crippen LogP) is 2.67. The Hall–Kier alpha value is -0.860. The number of benzene rings is 1. The van der Waals surface area contributed by atoms with Gasteiger partial charge in [-0.25, -0.2) is 0 Å². The molecule has 0 amide bonds. The van der Waals surface area contributed by atoms with E-state index < -0.39 is 0 Å². The molecule has 2 rings (SSSR count). The summed E-state index contributed by atoms with van der Waals surface area (Å²) >= 11 is 0.